The number of benzene rings is 1. The van der Waals surface area contributed by atoms with E-state index in [2.05, 4.69) is 38.4 Å². The van der Waals surface area contributed by atoms with Crippen LogP contribution >= 0.6 is 0 Å². The molecule has 7 heteroatoms. The number of amides is 1. The lowest BCUT2D eigenvalue weighted by Crippen LogP contribution is -2.56. The van der Waals surface area contributed by atoms with Gasteiger partial charge in [-0.15, -0.1) is 0 Å². The zero-order chi connectivity index (χ0) is 23.1. The largest absolute Gasteiger partial charge is 0.357 e. The third-order valence-corrected chi connectivity index (χ3v) is 7.43. The highest BCUT2D eigenvalue weighted by Crippen LogP contribution is 2.44. The number of aromatic amines is 1. The van der Waals surface area contributed by atoms with Crippen LogP contribution in [0.25, 0.3) is 16.6 Å². The third kappa shape index (κ3) is 4.01. The van der Waals surface area contributed by atoms with E-state index in [0.29, 0.717) is 17.6 Å². The summed E-state index contributed by atoms with van der Waals surface area (Å²) in [5.41, 5.74) is 4.23. The molecule has 6 rings (SSSR count). The van der Waals surface area contributed by atoms with Crippen LogP contribution in [0.5, 0.6) is 0 Å². The van der Waals surface area contributed by atoms with E-state index < -0.39 is 0 Å². The second-order valence-electron chi connectivity index (χ2n) is 10.0. The molecule has 2 fully saturated rings. The van der Waals surface area contributed by atoms with Crippen molar-refractivity contribution in [1.29, 1.82) is 0 Å². The molecule has 0 bridgehead atoms. The Labute approximate surface area is 197 Å². The number of rotatable bonds is 5. The van der Waals surface area contributed by atoms with Gasteiger partial charge in [0.25, 0.3) is 11.5 Å². The van der Waals surface area contributed by atoms with E-state index in [9.17, 15) is 9.59 Å². The summed E-state index contributed by atoms with van der Waals surface area (Å²) in [5.74, 6) is -0.356. The highest BCUT2D eigenvalue weighted by Gasteiger charge is 2.42. The van der Waals surface area contributed by atoms with Crippen LogP contribution in [0, 0.1) is 5.41 Å². The normalized spacial score (nSPS) is 17.8. The average Bonchev–Trinajstić information content (AvgIpc) is 3.24. The van der Waals surface area contributed by atoms with Gasteiger partial charge in [-0.1, -0.05) is 37.5 Å². The first kappa shape index (κ1) is 21.1. The Bertz CT molecular complexity index is 1420. The van der Waals surface area contributed by atoms with Crippen LogP contribution in [0.15, 0.2) is 59.5 Å². The molecule has 0 radical (unpaired) electrons. The van der Waals surface area contributed by atoms with Crippen molar-refractivity contribution in [2.45, 2.75) is 45.2 Å². The number of carbonyl (C=O) groups is 1. The molecule has 2 N–H and O–H groups in total. The zero-order valence-electron chi connectivity index (χ0n) is 19.2. The molecule has 1 spiro atoms. The summed E-state index contributed by atoms with van der Waals surface area (Å²) >= 11 is 0. The Balaban J connectivity index is 1.10. The highest BCUT2D eigenvalue weighted by atomic mass is 16.2. The Morgan fingerprint density at radius 1 is 1.06 bits per heavy atom. The van der Waals surface area contributed by atoms with Crippen LogP contribution in [0.1, 0.15) is 53.8 Å². The van der Waals surface area contributed by atoms with Crippen LogP contribution in [0.3, 0.4) is 0 Å². The van der Waals surface area contributed by atoms with Crippen LogP contribution < -0.4 is 10.9 Å². The van der Waals surface area contributed by atoms with E-state index in [-0.39, 0.29) is 17.2 Å². The maximum absolute atomic E-state index is 12.6. The summed E-state index contributed by atoms with van der Waals surface area (Å²) in [4.78, 5) is 35.3. The number of fused-ring (bicyclic) bond motifs is 2. The number of nitrogens with one attached hydrogen (secondary N) is 2. The Morgan fingerprint density at radius 2 is 1.91 bits per heavy atom. The van der Waals surface area contributed by atoms with Crippen molar-refractivity contribution in [3.63, 3.8) is 0 Å². The molecule has 1 saturated carbocycles. The first-order valence-electron chi connectivity index (χ1n) is 12.2. The number of hydrogen-bond donors (Lipinski definition) is 2. The molecule has 0 atom stereocenters. The minimum absolute atomic E-state index is 0.129. The van der Waals surface area contributed by atoms with Gasteiger partial charge in [0.2, 0.25) is 0 Å². The van der Waals surface area contributed by atoms with E-state index in [4.69, 9.17) is 0 Å². The second kappa shape index (κ2) is 8.40. The van der Waals surface area contributed by atoms with Crippen molar-refractivity contribution in [1.82, 2.24) is 24.6 Å². The van der Waals surface area contributed by atoms with Gasteiger partial charge in [0.1, 0.15) is 11.3 Å². The molecule has 1 aliphatic carbocycles. The molecule has 4 heterocycles. The lowest BCUT2D eigenvalue weighted by atomic mass is 9.68. The minimum Gasteiger partial charge on any atom is -0.357 e. The lowest BCUT2D eigenvalue weighted by Gasteiger charge is -2.52. The maximum atomic E-state index is 12.6. The number of hydrogen-bond acceptors (Lipinski definition) is 4. The van der Waals surface area contributed by atoms with Gasteiger partial charge in [-0.2, -0.15) is 0 Å². The SMILES string of the molecule is O=C(NCc1ccc2cc(CN3CC4(CCCCC4)C3)[nH]c2c1)c1cc(=O)n2ccccc2n1. The molecule has 7 nitrogen and oxygen atoms in total. The molecule has 1 aliphatic heterocycles. The van der Waals surface area contributed by atoms with Crippen LogP contribution in [0.2, 0.25) is 0 Å². The number of pyridine rings is 1. The smallest absolute Gasteiger partial charge is 0.270 e. The van der Waals surface area contributed by atoms with Gasteiger partial charge in [0.05, 0.1) is 0 Å². The topological polar surface area (TPSA) is 82.5 Å². The summed E-state index contributed by atoms with van der Waals surface area (Å²) in [6.45, 7) is 3.79. The maximum Gasteiger partial charge on any atom is 0.270 e. The van der Waals surface area contributed by atoms with Gasteiger partial charge < -0.3 is 10.3 Å². The van der Waals surface area contributed by atoms with Gasteiger partial charge in [0, 0.05) is 49.7 Å². The fourth-order valence-electron chi connectivity index (χ4n) is 5.75. The third-order valence-electron chi connectivity index (χ3n) is 7.43. The molecule has 1 aromatic carbocycles. The van der Waals surface area contributed by atoms with Crippen LogP contribution in [-0.4, -0.2) is 38.3 Å². The molecule has 34 heavy (non-hydrogen) atoms. The molecule has 2 aliphatic rings. The number of aromatic nitrogens is 3. The summed E-state index contributed by atoms with van der Waals surface area (Å²) in [5, 5.41) is 4.07. The predicted molar refractivity (Wildman–Crippen MR) is 132 cm³/mol. The fourth-order valence-corrected chi connectivity index (χ4v) is 5.75. The molecule has 3 aromatic heterocycles. The van der Waals surface area contributed by atoms with Crippen LogP contribution in [-0.2, 0) is 13.1 Å². The summed E-state index contributed by atoms with van der Waals surface area (Å²) in [6.07, 6.45) is 8.64. The van der Waals surface area contributed by atoms with Crippen molar-refractivity contribution in [3.8, 4) is 0 Å². The molecule has 1 saturated heterocycles. The lowest BCUT2D eigenvalue weighted by molar-refractivity contribution is -0.0338. The van der Waals surface area contributed by atoms with E-state index in [1.54, 1.807) is 24.4 Å². The quantitative estimate of drug-likeness (QED) is 0.479. The minimum atomic E-state index is -0.356. The van der Waals surface area contributed by atoms with Crippen molar-refractivity contribution >= 4 is 22.5 Å². The first-order chi connectivity index (χ1) is 16.6. The number of nitrogens with zero attached hydrogens (tertiary/aromatic N) is 3. The number of H-pyrrole nitrogens is 1. The molecule has 0 unspecified atom stereocenters. The van der Waals surface area contributed by atoms with Crippen molar-refractivity contribution < 1.29 is 4.79 Å². The summed E-state index contributed by atoms with van der Waals surface area (Å²) in [7, 11) is 0. The van der Waals surface area contributed by atoms with E-state index in [0.717, 1.165) is 17.6 Å². The van der Waals surface area contributed by atoms with Gasteiger partial charge in [-0.25, -0.2) is 4.98 Å². The number of likely N-dealkylation sites (tertiary alicyclic amines) is 1. The Morgan fingerprint density at radius 3 is 2.76 bits per heavy atom. The van der Waals surface area contributed by atoms with Crippen molar-refractivity contribution in [2.75, 3.05) is 13.1 Å². The molecule has 1 amide bonds. The standard InChI is InChI=1S/C27H29N5O2/c33-25-14-23(30-24-6-2-5-11-32(24)25)26(34)28-15-19-7-8-20-13-21(29-22(20)12-19)16-31-17-27(18-31)9-3-1-4-10-27/h2,5-8,11-14,29H,1,3-4,9-10,15-18H2,(H,28,34). The average molecular weight is 456 g/mol. The van der Waals surface area contributed by atoms with Gasteiger partial charge in [-0.3, -0.25) is 18.9 Å². The van der Waals surface area contributed by atoms with Gasteiger partial charge in [-0.05, 0) is 53.5 Å². The first-order valence-corrected chi connectivity index (χ1v) is 12.2. The summed E-state index contributed by atoms with van der Waals surface area (Å²) in [6, 6.07) is 15.0. The van der Waals surface area contributed by atoms with Gasteiger partial charge in [0.15, 0.2) is 0 Å². The number of carbonyl (C=O) groups excluding carboxylic acids is 1. The van der Waals surface area contributed by atoms with Crippen molar-refractivity contribution in [3.05, 3.63) is 82.0 Å². The molecule has 4 aromatic rings. The monoisotopic (exact) mass is 455 g/mol. The van der Waals surface area contributed by atoms with E-state index in [1.807, 2.05) is 6.07 Å². The predicted octanol–water partition coefficient (Wildman–Crippen LogP) is 3.87. The molecular weight excluding hydrogens is 426 g/mol. The van der Waals surface area contributed by atoms with E-state index in [1.165, 1.54) is 66.7 Å². The zero-order valence-corrected chi connectivity index (χ0v) is 19.2. The van der Waals surface area contributed by atoms with Crippen molar-refractivity contribution in [2.24, 2.45) is 5.41 Å². The Hall–Kier alpha value is -3.45. The highest BCUT2D eigenvalue weighted by molar-refractivity contribution is 5.92. The van der Waals surface area contributed by atoms with Crippen LogP contribution in [0.4, 0.5) is 0 Å². The van der Waals surface area contributed by atoms with E-state index >= 15 is 0 Å². The molecular formula is C27H29N5O2. The summed E-state index contributed by atoms with van der Waals surface area (Å²) < 4.78 is 1.42. The van der Waals surface area contributed by atoms with Gasteiger partial charge >= 0.3 is 0 Å². The molecule has 174 valence electrons. The second-order valence-corrected chi connectivity index (χ2v) is 10.0. The fraction of sp³-hybridized carbons (Fsp3) is 0.370. The Kier molecular flexibility index (Phi) is 5.21.